The Hall–Kier alpha value is -1.92. The third-order valence-electron chi connectivity index (χ3n) is 3.36. The summed E-state index contributed by atoms with van der Waals surface area (Å²) in [7, 11) is 0. The highest BCUT2D eigenvalue weighted by Gasteiger charge is 2.28. The summed E-state index contributed by atoms with van der Waals surface area (Å²) in [6.07, 6.45) is -0.0907. The molecular weight excluding hydrogens is 260 g/mol. The van der Waals surface area contributed by atoms with Crippen LogP contribution in [-0.4, -0.2) is 44.2 Å². The Morgan fingerprint density at radius 3 is 2.50 bits per heavy atom. The lowest BCUT2D eigenvalue weighted by Gasteiger charge is -2.31. The molecule has 0 aromatic heterocycles. The smallest absolute Gasteiger partial charge is 0.230 e. The molecule has 1 aromatic carbocycles. The number of carbonyl (C=O) groups excluding carboxylic acids is 2. The zero-order chi connectivity index (χ0) is 14.4. The van der Waals surface area contributed by atoms with Crippen LogP contribution in [0.5, 0.6) is 0 Å². The van der Waals surface area contributed by atoms with Gasteiger partial charge in [0.15, 0.2) is 0 Å². The van der Waals surface area contributed by atoms with E-state index in [9.17, 15) is 14.7 Å². The molecule has 2 rings (SSSR count). The van der Waals surface area contributed by atoms with E-state index in [2.05, 4.69) is 5.32 Å². The Balaban J connectivity index is 1.93. The van der Waals surface area contributed by atoms with E-state index in [0.717, 1.165) is 4.90 Å². The molecule has 1 fully saturated rings. The van der Waals surface area contributed by atoms with Gasteiger partial charge >= 0.3 is 0 Å². The van der Waals surface area contributed by atoms with Crippen molar-refractivity contribution in [2.24, 2.45) is 0 Å². The van der Waals surface area contributed by atoms with Crippen LogP contribution in [0.4, 0.5) is 5.69 Å². The number of carbonyl (C=O) groups is 2. The molecule has 1 amide bonds. The highest BCUT2D eigenvalue weighted by atomic mass is 16.5. The Bertz CT molecular complexity index is 458. The number of nitrogens with one attached hydrogen (secondary N) is 2. The van der Waals surface area contributed by atoms with Crippen LogP contribution in [0.2, 0.25) is 0 Å². The van der Waals surface area contributed by atoms with Gasteiger partial charge in [-0.25, -0.2) is 0 Å². The van der Waals surface area contributed by atoms with Gasteiger partial charge in [-0.3, -0.25) is 4.79 Å². The molecule has 0 aliphatic carbocycles. The van der Waals surface area contributed by atoms with E-state index in [1.54, 1.807) is 24.3 Å². The fraction of sp³-hybridized carbons (Fsp3) is 0.429. The standard InChI is InChI=1S/C14H18N2O4/c17-13(15-11-4-2-1-3-5-11)10-12(14(18)19)16-6-8-20-9-7-16/h1-5,12H,6-10H2,(H,15,17)(H,18,19)/t12-/m1/s1. The molecule has 0 bridgehead atoms. The third-order valence-corrected chi connectivity index (χ3v) is 3.36. The second kappa shape index (κ2) is 7.02. The first-order valence-electron chi connectivity index (χ1n) is 6.65. The lowest BCUT2D eigenvalue weighted by Crippen LogP contribution is -3.19. The second-order valence-corrected chi connectivity index (χ2v) is 4.76. The SMILES string of the molecule is O=C(C[C@H](C(=O)[O-])[NH+]1CCOCC1)Nc1ccccc1. The van der Waals surface area contributed by atoms with Crippen molar-refractivity contribution in [1.29, 1.82) is 0 Å². The van der Waals surface area contributed by atoms with Crippen LogP contribution in [0, 0.1) is 0 Å². The van der Waals surface area contributed by atoms with E-state index < -0.39 is 12.0 Å². The van der Waals surface area contributed by atoms with Crippen molar-refractivity contribution in [2.75, 3.05) is 31.6 Å². The molecule has 1 aliphatic heterocycles. The first kappa shape index (κ1) is 14.5. The van der Waals surface area contributed by atoms with E-state index >= 15 is 0 Å². The minimum Gasteiger partial charge on any atom is -0.544 e. The summed E-state index contributed by atoms with van der Waals surface area (Å²) in [5.41, 5.74) is 0.659. The number of para-hydroxylation sites is 1. The average molecular weight is 278 g/mol. The number of amides is 1. The number of aliphatic carboxylic acids is 1. The average Bonchev–Trinajstić information content (AvgIpc) is 2.46. The first-order chi connectivity index (χ1) is 9.66. The summed E-state index contributed by atoms with van der Waals surface area (Å²) < 4.78 is 5.20. The molecule has 1 aromatic rings. The Morgan fingerprint density at radius 2 is 1.90 bits per heavy atom. The summed E-state index contributed by atoms with van der Waals surface area (Å²) >= 11 is 0. The molecular formula is C14H18N2O4. The number of hydrogen-bond acceptors (Lipinski definition) is 4. The van der Waals surface area contributed by atoms with Crippen molar-refractivity contribution < 1.29 is 24.3 Å². The van der Waals surface area contributed by atoms with Gasteiger partial charge in [0.2, 0.25) is 5.91 Å². The van der Waals surface area contributed by atoms with Gasteiger partial charge < -0.3 is 24.9 Å². The topological polar surface area (TPSA) is 82.9 Å². The van der Waals surface area contributed by atoms with Crippen molar-refractivity contribution in [3.8, 4) is 0 Å². The summed E-state index contributed by atoms with van der Waals surface area (Å²) in [5, 5.41) is 13.9. The first-order valence-corrected chi connectivity index (χ1v) is 6.65. The fourth-order valence-corrected chi connectivity index (χ4v) is 2.30. The maximum atomic E-state index is 11.9. The molecule has 2 N–H and O–H groups in total. The molecule has 1 heterocycles. The predicted molar refractivity (Wildman–Crippen MR) is 70.0 cm³/mol. The Labute approximate surface area is 117 Å². The van der Waals surface area contributed by atoms with Crippen LogP contribution in [0.3, 0.4) is 0 Å². The van der Waals surface area contributed by atoms with Crippen LogP contribution in [0.25, 0.3) is 0 Å². The monoisotopic (exact) mass is 278 g/mol. The van der Waals surface area contributed by atoms with Gasteiger partial charge in [0.25, 0.3) is 0 Å². The maximum Gasteiger partial charge on any atom is 0.230 e. The second-order valence-electron chi connectivity index (χ2n) is 4.76. The highest BCUT2D eigenvalue weighted by Crippen LogP contribution is 2.05. The normalized spacial score (nSPS) is 17.4. The number of quaternary nitrogens is 1. The maximum absolute atomic E-state index is 11.9. The molecule has 0 spiro atoms. The lowest BCUT2D eigenvalue weighted by atomic mass is 10.1. The van der Waals surface area contributed by atoms with Gasteiger partial charge in [0.1, 0.15) is 19.1 Å². The number of morpholine rings is 1. The zero-order valence-electron chi connectivity index (χ0n) is 11.1. The van der Waals surface area contributed by atoms with E-state index in [1.807, 2.05) is 6.07 Å². The molecule has 1 atom stereocenters. The molecule has 0 saturated carbocycles. The van der Waals surface area contributed by atoms with Crippen LogP contribution >= 0.6 is 0 Å². The Morgan fingerprint density at radius 1 is 1.25 bits per heavy atom. The predicted octanol–water partition coefficient (Wildman–Crippen LogP) is -1.95. The van der Waals surface area contributed by atoms with Gasteiger partial charge in [0.05, 0.1) is 25.6 Å². The van der Waals surface area contributed by atoms with E-state index in [-0.39, 0.29) is 12.3 Å². The third kappa shape index (κ3) is 4.04. The zero-order valence-corrected chi connectivity index (χ0v) is 11.1. The largest absolute Gasteiger partial charge is 0.544 e. The van der Waals surface area contributed by atoms with Crippen molar-refractivity contribution in [3.05, 3.63) is 30.3 Å². The van der Waals surface area contributed by atoms with Gasteiger partial charge in [-0.15, -0.1) is 0 Å². The van der Waals surface area contributed by atoms with E-state index in [1.165, 1.54) is 0 Å². The lowest BCUT2D eigenvalue weighted by molar-refractivity contribution is -0.925. The number of hydrogen-bond donors (Lipinski definition) is 2. The van der Waals surface area contributed by atoms with Crippen molar-refractivity contribution in [1.82, 2.24) is 0 Å². The molecule has 6 heteroatoms. The minimum atomic E-state index is -1.19. The number of benzene rings is 1. The quantitative estimate of drug-likeness (QED) is 0.656. The van der Waals surface area contributed by atoms with Gasteiger partial charge in [0, 0.05) is 5.69 Å². The summed E-state index contributed by atoms with van der Waals surface area (Å²) in [6.45, 7) is 2.19. The molecule has 0 radical (unpaired) electrons. The van der Waals surface area contributed by atoms with Crippen molar-refractivity contribution in [3.63, 3.8) is 0 Å². The molecule has 20 heavy (non-hydrogen) atoms. The van der Waals surface area contributed by atoms with Crippen LogP contribution in [0.1, 0.15) is 6.42 Å². The molecule has 108 valence electrons. The highest BCUT2D eigenvalue weighted by molar-refractivity contribution is 5.93. The number of rotatable bonds is 5. The number of anilines is 1. The summed E-state index contributed by atoms with van der Waals surface area (Å²) in [5.74, 6) is -1.51. The minimum absolute atomic E-state index is 0.0907. The molecule has 0 unspecified atom stereocenters. The van der Waals surface area contributed by atoms with Crippen LogP contribution in [0.15, 0.2) is 30.3 Å². The molecule has 1 saturated heterocycles. The number of ether oxygens (including phenoxy) is 1. The number of carboxylic acids is 1. The summed E-state index contributed by atoms with van der Waals surface area (Å²) in [4.78, 5) is 24.0. The Kier molecular flexibility index (Phi) is 5.09. The molecule has 6 nitrogen and oxygen atoms in total. The van der Waals surface area contributed by atoms with Crippen LogP contribution < -0.4 is 15.3 Å². The van der Waals surface area contributed by atoms with Gasteiger partial charge in [-0.05, 0) is 12.1 Å². The van der Waals surface area contributed by atoms with Crippen LogP contribution in [-0.2, 0) is 14.3 Å². The van der Waals surface area contributed by atoms with Gasteiger partial charge in [-0.2, -0.15) is 0 Å². The van der Waals surface area contributed by atoms with Crippen molar-refractivity contribution >= 4 is 17.6 Å². The summed E-state index contributed by atoms with van der Waals surface area (Å²) in [6, 6.07) is 8.14. The van der Waals surface area contributed by atoms with E-state index in [0.29, 0.717) is 32.0 Å². The van der Waals surface area contributed by atoms with Crippen molar-refractivity contribution in [2.45, 2.75) is 12.5 Å². The van der Waals surface area contributed by atoms with E-state index in [4.69, 9.17) is 4.74 Å². The fourth-order valence-electron chi connectivity index (χ4n) is 2.30. The van der Waals surface area contributed by atoms with Gasteiger partial charge in [-0.1, -0.05) is 18.2 Å². The molecule has 1 aliphatic rings. The number of carboxylic acid groups (broad SMARTS) is 1.